The number of nitrogens with one attached hydrogen (secondary N) is 2. The van der Waals surface area contributed by atoms with Crippen LogP contribution in [0.5, 0.6) is 0 Å². The number of ether oxygens (including phenoxy) is 1. The van der Waals surface area contributed by atoms with Crippen molar-refractivity contribution in [1.82, 2.24) is 21.0 Å². The van der Waals surface area contributed by atoms with Gasteiger partial charge in [0.15, 0.2) is 0 Å². The lowest BCUT2D eigenvalue weighted by atomic mass is 10.1. The van der Waals surface area contributed by atoms with Crippen LogP contribution < -0.4 is 10.7 Å². The quantitative estimate of drug-likeness (QED) is 0.796. The summed E-state index contributed by atoms with van der Waals surface area (Å²) in [5.74, 6) is 0. The standard InChI is InChI=1S/C13H23N5O2/c1-13(2,3)20-12(19)17(11-5-9-14-10-6-11)18-15-7-4-8-16-18/h4,7-8,11,14-15H,5-6,9-10H2,1-3H3. The van der Waals surface area contributed by atoms with Crippen molar-refractivity contribution in [2.45, 2.75) is 45.3 Å². The fourth-order valence-electron chi connectivity index (χ4n) is 2.15. The van der Waals surface area contributed by atoms with E-state index in [0.717, 1.165) is 25.9 Å². The highest BCUT2D eigenvalue weighted by molar-refractivity contribution is 5.72. The molecule has 0 saturated carbocycles. The second-order valence-corrected chi connectivity index (χ2v) is 5.85. The molecule has 112 valence electrons. The van der Waals surface area contributed by atoms with E-state index >= 15 is 0 Å². The molecule has 20 heavy (non-hydrogen) atoms. The Morgan fingerprint density at radius 1 is 1.40 bits per heavy atom. The maximum atomic E-state index is 12.5. The highest BCUT2D eigenvalue weighted by Gasteiger charge is 2.34. The number of hydrazone groups is 1. The number of carbonyl (C=O) groups is 1. The van der Waals surface area contributed by atoms with Crippen molar-refractivity contribution in [2.24, 2.45) is 5.10 Å². The molecule has 1 saturated heterocycles. The number of hydrogen-bond acceptors (Lipinski definition) is 6. The van der Waals surface area contributed by atoms with Crippen LogP contribution in [0.4, 0.5) is 4.79 Å². The van der Waals surface area contributed by atoms with Crippen molar-refractivity contribution in [1.29, 1.82) is 0 Å². The van der Waals surface area contributed by atoms with E-state index in [4.69, 9.17) is 4.74 Å². The van der Waals surface area contributed by atoms with Gasteiger partial charge in [-0.2, -0.15) is 5.01 Å². The molecule has 0 radical (unpaired) electrons. The fourth-order valence-corrected chi connectivity index (χ4v) is 2.15. The summed E-state index contributed by atoms with van der Waals surface area (Å²) in [6.07, 6.45) is 6.49. The normalized spacial score (nSPS) is 19.6. The zero-order chi connectivity index (χ0) is 14.6. The first-order valence-electron chi connectivity index (χ1n) is 6.95. The van der Waals surface area contributed by atoms with Gasteiger partial charge in [-0.25, -0.2) is 4.79 Å². The van der Waals surface area contributed by atoms with Gasteiger partial charge in [-0.3, -0.25) is 5.43 Å². The number of piperidine rings is 1. The number of rotatable bonds is 2. The lowest BCUT2D eigenvalue weighted by molar-refractivity contribution is -0.0969. The average molecular weight is 281 g/mol. The Morgan fingerprint density at radius 2 is 2.10 bits per heavy atom. The first kappa shape index (κ1) is 14.6. The third-order valence-electron chi connectivity index (χ3n) is 2.99. The van der Waals surface area contributed by atoms with Gasteiger partial charge in [0.1, 0.15) is 5.60 Å². The number of carbonyl (C=O) groups excluding carboxylic acids is 1. The van der Waals surface area contributed by atoms with E-state index in [0.29, 0.717) is 0 Å². The molecule has 2 rings (SSSR count). The molecule has 0 aromatic carbocycles. The zero-order valence-electron chi connectivity index (χ0n) is 12.3. The highest BCUT2D eigenvalue weighted by atomic mass is 16.6. The molecular formula is C13H23N5O2. The summed E-state index contributed by atoms with van der Waals surface area (Å²) in [7, 11) is 0. The first-order chi connectivity index (χ1) is 9.47. The molecule has 0 atom stereocenters. The molecular weight excluding hydrogens is 258 g/mol. The number of allylic oxidation sites excluding steroid dienone is 1. The van der Waals surface area contributed by atoms with Crippen molar-refractivity contribution in [3.63, 3.8) is 0 Å². The van der Waals surface area contributed by atoms with E-state index in [1.807, 2.05) is 20.8 Å². The van der Waals surface area contributed by atoms with Crippen LogP contribution in [0.1, 0.15) is 33.6 Å². The molecule has 0 bridgehead atoms. The molecule has 0 aromatic heterocycles. The van der Waals surface area contributed by atoms with Crippen LogP contribution in [-0.2, 0) is 4.74 Å². The summed E-state index contributed by atoms with van der Waals surface area (Å²) < 4.78 is 5.49. The van der Waals surface area contributed by atoms with E-state index in [9.17, 15) is 4.79 Å². The van der Waals surface area contributed by atoms with Gasteiger partial charge in [-0.1, -0.05) is 0 Å². The minimum atomic E-state index is -0.530. The Labute approximate surface area is 119 Å². The molecule has 2 heterocycles. The van der Waals surface area contributed by atoms with Crippen LogP contribution in [0.15, 0.2) is 17.4 Å². The third-order valence-corrected chi connectivity index (χ3v) is 2.99. The maximum absolute atomic E-state index is 12.5. The van der Waals surface area contributed by atoms with Crippen LogP contribution in [0.2, 0.25) is 0 Å². The van der Waals surface area contributed by atoms with Gasteiger partial charge < -0.3 is 10.1 Å². The molecule has 0 aromatic rings. The minimum absolute atomic E-state index is 0.0715. The van der Waals surface area contributed by atoms with Crippen molar-refractivity contribution in [3.05, 3.63) is 12.3 Å². The monoisotopic (exact) mass is 281 g/mol. The molecule has 0 spiro atoms. The van der Waals surface area contributed by atoms with Crippen molar-refractivity contribution in [2.75, 3.05) is 13.1 Å². The summed E-state index contributed by atoms with van der Waals surface area (Å²) in [5, 5.41) is 10.5. The summed E-state index contributed by atoms with van der Waals surface area (Å²) in [4.78, 5) is 12.5. The highest BCUT2D eigenvalue weighted by Crippen LogP contribution is 2.19. The second-order valence-electron chi connectivity index (χ2n) is 5.85. The lowest BCUT2D eigenvalue weighted by Crippen LogP contribution is -2.57. The molecule has 2 aliphatic rings. The SMILES string of the molecule is CC(C)(C)OC(=O)N(C1CCNCC1)N1N=CC=CN1. The molecule has 0 unspecified atom stereocenters. The van der Waals surface area contributed by atoms with Crippen molar-refractivity contribution >= 4 is 12.3 Å². The Bertz CT molecular complexity index is 396. The van der Waals surface area contributed by atoms with Crippen LogP contribution in [0.3, 0.4) is 0 Å². The summed E-state index contributed by atoms with van der Waals surface area (Å²) in [6, 6.07) is 0.0715. The number of hydrazine groups is 2. The second kappa shape index (κ2) is 6.13. The van der Waals surface area contributed by atoms with Gasteiger partial charge in [0, 0.05) is 6.20 Å². The predicted octanol–water partition coefficient (Wildman–Crippen LogP) is 1.21. The number of nitrogens with zero attached hydrogens (tertiary/aromatic N) is 3. The Kier molecular flexibility index (Phi) is 4.49. The maximum Gasteiger partial charge on any atom is 0.432 e. The van der Waals surface area contributed by atoms with Gasteiger partial charge in [-0.05, 0) is 52.8 Å². The van der Waals surface area contributed by atoms with E-state index in [-0.39, 0.29) is 12.1 Å². The van der Waals surface area contributed by atoms with Gasteiger partial charge >= 0.3 is 6.09 Å². The predicted molar refractivity (Wildman–Crippen MR) is 76.6 cm³/mol. The number of hydrogen-bond donors (Lipinski definition) is 2. The van der Waals surface area contributed by atoms with Crippen LogP contribution in [0.25, 0.3) is 0 Å². The number of amides is 1. The summed E-state index contributed by atoms with van der Waals surface area (Å²) in [6.45, 7) is 7.35. The molecule has 0 aliphatic carbocycles. The molecule has 1 amide bonds. The average Bonchev–Trinajstić information content (AvgIpc) is 2.39. The zero-order valence-corrected chi connectivity index (χ0v) is 12.3. The van der Waals surface area contributed by atoms with Crippen LogP contribution in [-0.4, -0.2) is 47.3 Å². The lowest BCUT2D eigenvalue weighted by Gasteiger charge is -2.40. The van der Waals surface area contributed by atoms with Crippen molar-refractivity contribution < 1.29 is 9.53 Å². The van der Waals surface area contributed by atoms with E-state index < -0.39 is 5.60 Å². The Hall–Kier alpha value is -1.76. The summed E-state index contributed by atoms with van der Waals surface area (Å²) >= 11 is 0. The van der Waals surface area contributed by atoms with E-state index in [2.05, 4.69) is 15.8 Å². The molecule has 7 heteroatoms. The minimum Gasteiger partial charge on any atom is -0.442 e. The van der Waals surface area contributed by atoms with Crippen LogP contribution >= 0.6 is 0 Å². The molecule has 2 N–H and O–H groups in total. The molecule has 2 aliphatic heterocycles. The molecule has 1 fully saturated rings. The largest absolute Gasteiger partial charge is 0.442 e. The van der Waals surface area contributed by atoms with Gasteiger partial charge in [0.25, 0.3) is 0 Å². The van der Waals surface area contributed by atoms with Crippen molar-refractivity contribution in [3.8, 4) is 0 Å². The van der Waals surface area contributed by atoms with E-state index in [1.165, 1.54) is 5.23 Å². The molecule has 7 nitrogen and oxygen atoms in total. The van der Waals surface area contributed by atoms with Gasteiger partial charge in [0.05, 0.1) is 12.3 Å². The Morgan fingerprint density at radius 3 is 2.65 bits per heavy atom. The fraction of sp³-hybridized carbons (Fsp3) is 0.692. The summed E-state index contributed by atoms with van der Waals surface area (Å²) in [5.41, 5.74) is 2.41. The van der Waals surface area contributed by atoms with Gasteiger partial charge in [0.2, 0.25) is 0 Å². The van der Waals surface area contributed by atoms with E-state index in [1.54, 1.807) is 23.5 Å². The van der Waals surface area contributed by atoms with Gasteiger partial charge in [-0.15, -0.1) is 10.3 Å². The first-order valence-corrected chi connectivity index (χ1v) is 6.95. The van der Waals surface area contributed by atoms with Crippen LogP contribution in [0, 0.1) is 0 Å². The smallest absolute Gasteiger partial charge is 0.432 e. The third kappa shape index (κ3) is 3.86. The topological polar surface area (TPSA) is 69.2 Å². The Balaban J connectivity index is 2.12.